The first kappa shape index (κ1) is 18.8. The van der Waals surface area contributed by atoms with Gasteiger partial charge in [0, 0.05) is 11.7 Å². The predicted molar refractivity (Wildman–Crippen MR) is 105 cm³/mol. The van der Waals surface area contributed by atoms with Gasteiger partial charge in [-0.05, 0) is 44.4 Å². The molecule has 0 saturated heterocycles. The van der Waals surface area contributed by atoms with E-state index < -0.39 is 5.97 Å². The van der Waals surface area contributed by atoms with Crippen molar-refractivity contribution >= 4 is 23.2 Å². The second-order valence-corrected chi connectivity index (χ2v) is 7.97. The number of carbonyl (C=O) groups excluding carboxylic acids is 2. The van der Waals surface area contributed by atoms with Gasteiger partial charge in [0.1, 0.15) is 11.3 Å². The lowest BCUT2D eigenvalue weighted by atomic mass is 10.1. The number of aromatic nitrogens is 2. The number of benzene rings is 1. The van der Waals surface area contributed by atoms with E-state index in [2.05, 4.69) is 10.4 Å². The van der Waals surface area contributed by atoms with E-state index in [-0.39, 0.29) is 18.1 Å². The zero-order chi connectivity index (χ0) is 19.4. The number of ether oxygens (including phenoxy) is 1. The van der Waals surface area contributed by atoms with Crippen molar-refractivity contribution in [1.29, 1.82) is 0 Å². The fourth-order valence-electron chi connectivity index (χ4n) is 2.49. The number of amides is 1. The van der Waals surface area contributed by atoms with E-state index in [0.717, 1.165) is 10.6 Å². The van der Waals surface area contributed by atoms with Crippen molar-refractivity contribution < 1.29 is 14.3 Å². The molecule has 0 fully saturated rings. The molecule has 1 aromatic carbocycles. The minimum absolute atomic E-state index is 0.324. The Hall–Kier alpha value is -2.93. The summed E-state index contributed by atoms with van der Waals surface area (Å²) in [6, 6.07) is 13.3. The van der Waals surface area contributed by atoms with Gasteiger partial charge in [0.25, 0.3) is 5.91 Å². The van der Waals surface area contributed by atoms with Gasteiger partial charge in [-0.1, -0.05) is 24.3 Å². The summed E-state index contributed by atoms with van der Waals surface area (Å²) < 4.78 is 6.86. The number of carbonyl (C=O) groups is 2. The van der Waals surface area contributed by atoms with Gasteiger partial charge in [-0.25, -0.2) is 9.48 Å². The molecule has 0 unspecified atom stereocenters. The van der Waals surface area contributed by atoms with E-state index in [9.17, 15) is 9.59 Å². The van der Waals surface area contributed by atoms with Crippen molar-refractivity contribution in [2.75, 3.05) is 6.61 Å². The minimum Gasteiger partial charge on any atom is -0.452 e. The molecular formula is C20H21N3O3S. The third-order valence-corrected chi connectivity index (χ3v) is 4.43. The number of para-hydroxylation sites is 1. The molecule has 2 heterocycles. The first-order valence-corrected chi connectivity index (χ1v) is 9.38. The Kier molecular flexibility index (Phi) is 5.41. The zero-order valence-electron chi connectivity index (χ0n) is 15.4. The standard InChI is InChI=1S/C20H21N3O3S/c1-20(2,3)21-17(24)13-26-19(25)15-12-23(14-8-5-4-6-9-14)22-18(15)16-10-7-11-27-16/h4-12H,13H2,1-3H3,(H,21,24). The minimum atomic E-state index is -0.579. The number of hydrogen-bond donors (Lipinski definition) is 1. The smallest absolute Gasteiger partial charge is 0.342 e. The molecule has 3 rings (SSSR count). The van der Waals surface area contributed by atoms with Crippen LogP contribution in [0.1, 0.15) is 31.1 Å². The molecule has 0 saturated carbocycles. The van der Waals surface area contributed by atoms with E-state index in [0.29, 0.717) is 11.3 Å². The van der Waals surface area contributed by atoms with Crippen LogP contribution in [0.4, 0.5) is 0 Å². The molecule has 0 aliphatic heterocycles. The number of rotatable bonds is 5. The number of nitrogens with zero attached hydrogens (tertiary/aromatic N) is 2. The highest BCUT2D eigenvalue weighted by Crippen LogP contribution is 2.28. The average Bonchev–Trinajstić information content (AvgIpc) is 3.28. The van der Waals surface area contributed by atoms with E-state index in [1.165, 1.54) is 11.3 Å². The molecule has 0 bridgehead atoms. The van der Waals surface area contributed by atoms with E-state index in [1.54, 1.807) is 10.9 Å². The van der Waals surface area contributed by atoms with Gasteiger partial charge in [-0.3, -0.25) is 4.79 Å². The molecule has 0 atom stereocenters. The molecule has 0 spiro atoms. The third kappa shape index (κ3) is 4.83. The molecule has 140 valence electrons. The summed E-state index contributed by atoms with van der Waals surface area (Å²) in [4.78, 5) is 25.4. The maximum Gasteiger partial charge on any atom is 0.342 e. The lowest BCUT2D eigenvalue weighted by Crippen LogP contribution is -2.42. The fourth-order valence-corrected chi connectivity index (χ4v) is 3.22. The molecule has 0 aliphatic carbocycles. The molecule has 1 amide bonds. The summed E-state index contributed by atoms with van der Waals surface area (Å²) in [5, 5.41) is 9.24. The highest BCUT2D eigenvalue weighted by Gasteiger charge is 2.22. The molecule has 3 aromatic rings. The summed E-state index contributed by atoms with van der Waals surface area (Å²) in [6.07, 6.45) is 1.63. The van der Waals surface area contributed by atoms with Crippen molar-refractivity contribution in [2.24, 2.45) is 0 Å². The Labute approximate surface area is 161 Å². The molecule has 1 N–H and O–H groups in total. The summed E-state index contributed by atoms with van der Waals surface area (Å²) >= 11 is 1.49. The second kappa shape index (κ2) is 7.75. The molecule has 27 heavy (non-hydrogen) atoms. The normalized spacial score (nSPS) is 11.2. The molecule has 0 aliphatic rings. The summed E-state index contributed by atoms with van der Waals surface area (Å²) in [5.74, 6) is -0.923. The predicted octanol–water partition coefficient (Wildman–Crippen LogP) is 3.67. The van der Waals surface area contributed by atoms with Gasteiger partial charge in [-0.15, -0.1) is 11.3 Å². The summed E-state index contributed by atoms with van der Waals surface area (Å²) in [5.41, 5.74) is 1.31. The fraction of sp³-hybridized carbons (Fsp3) is 0.250. The number of thiophene rings is 1. The number of esters is 1. The number of nitrogens with one attached hydrogen (secondary N) is 1. The average molecular weight is 383 g/mol. The van der Waals surface area contributed by atoms with Gasteiger partial charge in [0.05, 0.1) is 10.6 Å². The van der Waals surface area contributed by atoms with Crippen LogP contribution in [0.25, 0.3) is 16.3 Å². The zero-order valence-corrected chi connectivity index (χ0v) is 16.2. The van der Waals surface area contributed by atoms with Gasteiger partial charge in [-0.2, -0.15) is 5.10 Å². The third-order valence-electron chi connectivity index (χ3n) is 3.56. The summed E-state index contributed by atoms with van der Waals surface area (Å²) in [6.45, 7) is 5.26. The maximum absolute atomic E-state index is 12.6. The van der Waals surface area contributed by atoms with Crippen LogP contribution in [0.5, 0.6) is 0 Å². The van der Waals surface area contributed by atoms with Crippen LogP contribution in [-0.2, 0) is 9.53 Å². The summed E-state index contributed by atoms with van der Waals surface area (Å²) in [7, 11) is 0. The van der Waals surface area contributed by atoms with Gasteiger partial charge < -0.3 is 10.1 Å². The monoisotopic (exact) mass is 383 g/mol. The lowest BCUT2D eigenvalue weighted by molar-refractivity contribution is -0.125. The SMILES string of the molecule is CC(C)(C)NC(=O)COC(=O)c1cn(-c2ccccc2)nc1-c1cccs1. The van der Waals surface area contributed by atoms with E-state index in [4.69, 9.17) is 4.74 Å². The first-order valence-electron chi connectivity index (χ1n) is 8.50. The molecule has 6 nitrogen and oxygen atoms in total. The Balaban J connectivity index is 1.84. The van der Waals surface area contributed by atoms with Crippen LogP contribution in [0.2, 0.25) is 0 Å². The van der Waals surface area contributed by atoms with E-state index >= 15 is 0 Å². The topological polar surface area (TPSA) is 73.2 Å². The van der Waals surface area contributed by atoms with E-state index in [1.807, 2.05) is 68.6 Å². The van der Waals surface area contributed by atoms with Crippen molar-refractivity contribution in [2.45, 2.75) is 26.3 Å². The van der Waals surface area contributed by atoms with Crippen LogP contribution in [0, 0.1) is 0 Å². The second-order valence-electron chi connectivity index (χ2n) is 7.02. The van der Waals surface area contributed by atoms with Crippen LogP contribution in [0.15, 0.2) is 54.0 Å². The van der Waals surface area contributed by atoms with Crippen molar-refractivity contribution in [1.82, 2.24) is 15.1 Å². The Morgan fingerprint density at radius 2 is 1.89 bits per heavy atom. The maximum atomic E-state index is 12.6. The van der Waals surface area contributed by atoms with Gasteiger partial charge in [0.2, 0.25) is 0 Å². The largest absolute Gasteiger partial charge is 0.452 e. The molecule has 2 aromatic heterocycles. The van der Waals surface area contributed by atoms with Crippen LogP contribution >= 0.6 is 11.3 Å². The van der Waals surface area contributed by atoms with Gasteiger partial charge in [0.15, 0.2) is 6.61 Å². The highest BCUT2D eigenvalue weighted by molar-refractivity contribution is 7.13. The van der Waals surface area contributed by atoms with Gasteiger partial charge >= 0.3 is 5.97 Å². The quantitative estimate of drug-likeness (QED) is 0.682. The Bertz CT molecular complexity index is 925. The molecule has 0 radical (unpaired) electrons. The Morgan fingerprint density at radius 3 is 2.52 bits per heavy atom. The van der Waals surface area contributed by atoms with Crippen molar-refractivity contribution in [3.63, 3.8) is 0 Å². The molecule has 7 heteroatoms. The van der Waals surface area contributed by atoms with Crippen LogP contribution in [0.3, 0.4) is 0 Å². The van der Waals surface area contributed by atoms with Crippen molar-refractivity contribution in [3.8, 4) is 16.3 Å². The lowest BCUT2D eigenvalue weighted by Gasteiger charge is -2.20. The highest BCUT2D eigenvalue weighted by atomic mass is 32.1. The van der Waals surface area contributed by atoms with Crippen LogP contribution < -0.4 is 5.32 Å². The Morgan fingerprint density at radius 1 is 1.15 bits per heavy atom. The number of hydrogen-bond acceptors (Lipinski definition) is 5. The first-order chi connectivity index (χ1) is 12.8. The molecular weight excluding hydrogens is 362 g/mol. The van der Waals surface area contributed by atoms with Crippen molar-refractivity contribution in [3.05, 3.63) is 59.6 Å². The van der Waals surface area contributed by atoms with Crippen LogP contribution in [-0.4, -0.2) is 33.8 Å².